The third kappa shape index (κ3) is 5.33. The summed E-state index contributed by atoms with van der Waals surface area (Å²) in [6, 6.07) is 20.0. The van der Waals surface area contributed by atoms with Crippen LogP contribution >= 0.6 is 0 Å². The molecular formula is C26H27F2NO3. The van der Waals surface area contributed by atoms with Gasteiger partial charge < -0.3 is 19.9 Å². The molecule has 1 aliphatic rings. The molecule has 1 fully saturated rings. The molecule has 3 aromatic rings. The van der Waals surface area contributed by atoms with E-state index in [9.17, 15) is 13.9 Å². The first kappa shape index (κ1) is 22.4. The van der Waals surface area contributed by atoms with Crippen molar-refractivity contribution in [3.63, 3.8) is 0 Å². The standard InChI is InChI=1S/C26H27F2NO3/c1-31-22-12-2-17(3-13-22)15-29-23-16-32-25(14-24(23)30)26(18-4-8-20(27)9-5-18)19-6-10-21(28)11-7-19/h2-13,23-26,29-30H,14-16H2,1H3. The number of hydrogen-bond donors (Lipinski definition) is 2. The van der Waals surface area contributed by atoms with E-state index in [1.165, 1.54) is 24.3 Å². The minimum absolute atomic E-state index is 0.213. The van der Waals surface area contributed by atoms with Gasteiger partial charge in [-0.25, -0.2) is 8.78 Å². The highest BCUT2D eigenvalue weighted by molar-refractivity contribution is 5.34. The number of methoxy groups -OCH3 is 1. The van der Waals surface area contributed by atoms with Crippen molar-refractivity contribution in [1.29, 1.82) is 0 Å². The molecule has 1 aliphatic heterocycles. The Bertz CT molecular complexity index is 948. The molecule has 3 atom stereocenters. The summed E-state index contributed by atoms with van der Waals surface area (Å²) in [5.74, 6) is -0.0864. The average Bonchev–Trinajstić information content (AvgIpc) is 2.81. The van der Waals surface area contributed by atoms with Crippen LogP contribution in [0, 0.1) is 11.6 Å². The zero-order valence-corrected chi connectivity index (χ0v) is 17.9. The van der Waals surface area contributed by atoms with Gasteiger partial charge in [0.15, 0.2) is 0 Å². The van der Waals surface area contributed by atoms with Crippen molar-refractivity contribution < 1.29 is 23.4 Å². The second kappa shape index (κ2) is 10.2. The highest BCUT2D eigenvalue weighted by atomic mass is 19.1. The van der Waals surface area contributed by atoms with Gasteiger partial charge in [-0.1, -0.05) is 36.4 Å². The molecule has 3 unspecified atom stereocenters. The van der Waals surface area contributed by atoms with Gasteiger partial charge in [0.05, 0.1) is 32.0 Å². The van der Waals surface area contributed by atoms with Crippen LogP contribution in [-0.2, 0) is 11.3 Å². The number of ether oxygens (including phenoxy) is 2. The van der Waals surface area contributed by atoms with E-state index in [-0.39, 0.29) is 29.7 Å². The quantitative estimate of drug-likeness (QED) is 0.573. The third-order valence-corrected chi connectivity index (χ3v) is 5.99. The molecule has 32 heavy (non-hydrogen) atoms. The molecule has 1 heterocycles. The number of benzene rings is 3. The minimum Gasteiger partial charge on any atom is -0.497 e. The molecule has 0 aliphatic carbocycles. The first-order valence-corrected chi connectivity index (χ1v) is 10.7. The van der Waals surface area contributed by atoms with E-state index in [0.29, 0.717) is 19.6 Å². The Balaban J connectivity index is 1.45. The number of aliphatic hydroxyl groups excluding tert-OH is 1. The first-order valence-electron chi connectivity index (χ1n) is 10.7. The smallest absolute Gasteiger partial charge is 0.123 e. The molecule has 0 radical (unpaired) electrons. The van der Waals surface area contributed by atoms with Gasteiger partial charge in [0.1, 0.15) is 17.4 Å². The lowest BCUT2D eigenvalue weighted by atomic mass is 9.82. The molecule has 1 saturated heterocycles. The fourth-order valence-electron chi connectivity index (χ4n) is 4.19. The third-order valence-electron chi connectivity index (χ3n) is 5.99. The lowest BCUT2D eigenvalue weighted by molar-refractivity contribution is -0.0718. The average molecular weight is 440 g/mol. The van der Waals surface area contributed by atoms with Gasteiger partial charge in [0.2, 0.25) is 0 Å². The normalized spacial score (nSPS) is 21.0. The Kier molecular flexibility index (Phi) is 7.15. The van der Waals surface area contributed by atoms with Gasteiger partial charge >= 0.3 is 0 Å². The topological polar surface area (TPSA) is 50.7 Å². The number of aliphatic hydroxyl groups is 1. The molecule has 0 spiro atoms. The fraction of sp³-hybridized carbons (Fsp3) is 0.308. The zero-order valence-electron chi connectivity index (χ0n) is 17.9. The van der Waals surface area contributed by atoms with Crippen LogP contribution in [0.5, 0.6) is 5.75 Å². The Hall–Kier alpha value is -2.80. The van der Waals surface area contributed by atoms with Crippen LogP contribution in [0.15, 0.2) is 72.8 Å². The maximum absolute atomic E-state index is 13.5. The van der Waals surface area contributed by atoms with Crippen molar-refractivity contribution in [2.75, 3.05) is 13.7 Å². The summed E-state index contributed by atoms with van der Waals surface area (Å²) in [6.45, 7) is 0.931. The lowest BCUT2D eigenvalue weighted by Crippen LogP contribution is -2.50. The molecule has 4 nitrogen and oxygen atoms in total. The van der Waals surface area contributed by atoms with Gasteiger partial charge in [0.25, 0.3) is 0 Å². The Morgan fingerprint density at radius 3 is 2.00 bits per heavy atom. The summed E-state index contributed by atoms with van der Waals surface area (Å²) < 4.78 is 38.4. The molecule has 0 bridgehead atoms. The molecular weight excluding hydrogens is 412 g/mol. The summed E-state index contributed by atoms with van der Waals surface area (Å²) in [5, 5.41) is 14.2. The maximum atomic E-state index is 13.5. The second-order valence-corrected chi connectivity index (χ2v) is 8.09. The number of rotatable bonds is 7. The van der Waals surface area contributed by atoms with Crippen LogP contribution in [0.2, 0.25) is 0 Å². The van der Waals surface area contributed by atoms with E-state index in [0.717, 1.165) is 22.4 Å². The molecule has 0 aromatic heterocycles. The first-order chi connectivity index (χ1) is 15.5. The van der Waals surface area contributed by atoms with Crippen molar-refractivity contribution in [2.45, 2.75) is 37.1 Å². The van der Waals surface area contributed by atoms with E-state index in [2.05, 4.69) is 5.32 Å². The minimum atomic E-state index is -0.615. The number of halogens is 2. The van der Waals surface area contributed by atoms with Crippen LogP contribution in [0.25, 0.3) is 0 Å². The summed E-state index contributed by atoms with van der Waals surface area (Å²) >= 11 is 0. The van der Waals surface area contributed by atoms with Gasteiger partial charge in [0, 0.05) is 18.9 Å². The SMILES string of the molecule is COc1ccc(CNC2COC(C(c3ccc(F)cc3)c3ccc(F)cc3)CC2O)cc1. The molecule has 6 heteroatoms. The largest absolute Gasteiger partial charge is 0.497 e. The van der Waals surface area contributed by atoms with E-state index < -0.39 is 6.10 Å². The van der Waals surface area contributed by atoms with Crippen LogP contribution in [-0.4, -0.2) is 37.1 Å². The van der Waals surface area contributed by atoms with E-state index in [4.69, 9.17) is 9.47 Å². The summed E-state index contributed by atoms with van der Waals surface area (Å²) in [4.78, 5) is 0. The molecule has 0 saturated carbocycles. The van der Waals surface area contributed by atoms with Crippen molar-refractivity contribution in [3.05, 3.63) is 101 Å². The van der Waals surface area contributed by atoms with Gasteiger partial charge in [-0.3, -0.25) is 0 Å². The molecule has 2 N–H and O–H groups in total. The van der Waals surface area contributed by atoms with Crippen LogP contribution < -0.4 is 10.1 Å². The predicted molar refractivity (Wildman–Crippen MR) is 119 cm³/mol. The van der Waals surface area contributed by atoms with E-state index in [1.807, 2.05) is 24.3 Å². The Morgan fingerprint density at radius 2 is 1.50 bits per heavy atom. The monoisotopic (exact) mass is 439 g/mol. The molecule has 3 aromatic carbocycles. The van der Waals surface area contributed by atoms with Crippen molar-refractivity contribution in [1.82, 2.24) is 5.32 Å². The fourth-order valence-corrected chi connectivity index (χ4v) is 4.19. The summed E-state index contributed by atoms with van der Waals surface area (Å²) in [7, 11) is 1.63. The van der Waals surface area contributed by atoms with Gasteiger partial charge in [-0.2, -0.15) is 0 Å². The van der Waals surface area contributed by atoms with Crippen LogP contribution in [0.1, 0.15) is 29.0 Å². The molecule has 0 amide bonds. The number of nitrogens with one attached hydrogen (secondary N) is 1. The van der Waals surface area contributed by atoms with Crippen molar-refractivity contribution in [3.8, 4) is 5.75 Å². The van der Waals surface area contributed by atoms with Gasteiger partial charge in [-0.05, 0) is 53.1 Å². The van der Waals surface area contributed by atoms with E-state index >= 15 is 0 Å². The predicted octanol–water partition coefficient (Wildman–Crippen LogP) is 4.41. The lowest BCUT2D eigenvalue weighted by Gasteiger charge is -2.38. The van der Waals surface area contributed by atoms with Crippen molar-refractivity contribution >= 4 is 0 Å². The Morgan fingerprint density at radius 1 is 0.938 bits per heavy atom. The van der Waals surface area contributed by atoms with Crippen molar-refractivity contribution in [2.24, 2.45) is 0 Å². The van der Waals surface area contributed by atoms with E-state index in [1.54, 1.807) is 31.4 Å². The Labute approximate surface area is 186 Å². The number of hydrogen-bond acceptors (Lipinski definition) is 4. The maximum Gasteiger partial charge on any atom is 0.123 e. The van der Waals surface area contributed by atoms with Gasteiger partial charge in [-0.15, -0.1) is 0 Å². The highest BCUT2D eigenvalue weighted by Crippen LogP contribution is 2.35. The van der Waals surface area contributed by atoms with Crippen LogP contribution in [0.3, 0.4) is 0 Å². The summed E-state index contributed by atoms with van der Waals surface area (Å²) in [6.07, 6.45) is -0.532. The molecule has 4 rings (SSSR count). The summed E-state index contributed by atoms with van der Waals surface area (Å²) in [5.41, 5.74) is 2.80. The molecule has 168 valence electrons. The zero-order chi connectivity index (χ0) is 22.5. The van der Waals surface area contributed by atoms with Crippen LogP contribution in [0.4, 0.5) is 8.78 Å². The highest BCUT2D eigenvalue weighted by Gasteiger charge is 2.35. The second-order valence-electron chi connectivity index (χ2n) is 8.09.